The highest BCUT2D eigenvalue weighted by atomic mass is 16.5. The van der Waals surface area contributed by atoms with E-state index in [-0.39, 0.29) is 38.2 Å². The number of aryl methyl sites for hydroxylation is 1. The summed E-state index contributed by atoms with van der Waals surface area (Å²) in [5.74, 6) is -1.73. The minimum atomic E-state index is -1.05. The van der Waals surface area contributed by atoms with Gasteiger partial charge in [-0.15, -0.1) is 0 Å². The van der Waals surface area contributed by atoms with Crippen LogP contribution in [0.2, 0.25) is 0 Å². The summed E-state index contributed by atoms with van der Waals surface area (Å²) in [5, 5.41) is 5.34. The number of nitrogens with one attached hydrogen (secondary N) is 2. The summed E-state index contributed by atoms with van der Waals surface area (Å²) in [6.45, 7) is 3.51. The van der Waals surface area contributed by atoms with Gasteiger partial charge in [-0.1, -0.05) is 66.7 Å². The molecule has 2 atom stereocenters. The third kappa shape index (κ3) is 10.3. The van der Waals surface area contributed by atoms with Gasteiger partial charge >= 0.3 is 12.1 Å². The first-order chi connectivity index (χ1) is 20.7. The minimum Gasteiger partial charge on any atom is -0.463 e. The van der Waals surface area contributed by atoms with Gasteiger partial charge in [-0.3, -0.25) is 19.7 Å². The Morgan fingerprint density at radius 2 is 1.60 bits per heavy atom. The highest BCUT2D eigenvalue weighted by Crippen LogP contribution is 2.18. The van der Waals surface area contributed by atoms with Crippen LogP contribution >= 0.6 is 0 Å². The maximum atomic E-state index is 13.8. The highest BCUT2D eigenvalue weighted by Gasteiger charge is 2.26. The van der Waals surface area contributed by atoms with Crippen molar-refractivity contribution in [3.8, 4) is 0 Å². The lowest BCUT2D eigenvalue weighted by Crippen LogP contribution is -2.43. The Bertz CT molecular complexity index is 1490. The van der Waals surface area contributed by atoms with E-state index in [1.165, 1.54) is 22.9 Å². The van der Waals surface area contributed by atoms with Gasteiger partial charge in [0.1, 0.15) is 18.3 Å². The number of ether oxygens (including phenoxy) is 2. The molecule has 1 aromatic heterocycles. The van der Waals surface area contributed by atoms with Crippen molar-refractivity contribution in [3.05, 3.63) is 112 Å². The molecule has 3 aromatic rings. The number of nitrogens with two attached hydrogens (primary N) is 1. The van der Waals surface area contributed by atoms with Crippen molar-refractivity contribution in [2.75, 3.05) is 11.9 Å². The monoisotopic (exact) mass is 588 g/mol. The van der Waals surface area contributed by atoms with Crippen LogP contribution in [0.25, 0.3) is 0 Å². The fraction of sp³-hybridized carbons (Fsp3) is 0.281. The Labute approximate surface area is 249 Å². The average Bonchev–Trinajstić information content (AvgIpc) is 2.99. The van der Waals surface area contributed by atoms with E-state index in [0.717, 1.165) is 11.1 Å². The molecule has 0 saturated heterocycles. The Hall–Kier alpha value is -5.19. The van der Waals surface area contributed by atoms with Crippen LogP contribution in [0.5, 0.6) is 0 Å². The molecule has 0 unspecified atom stereocenters. The zero-order valence-electron chi connectivity index (χ0n) is 24.2. The van der Waals surface area contributed by atoms with Gasteiger partial charge in [-0.05, 0) is 43.0 Å². The Balaban J connectivity index is 1.90. The van der Waals surface area contributed by atoms with Crippen LogP contribution in [-0.4, -0.2) is 41.1 Å². The number of esters is 1. The summed E-state index contributed by atoms with van der Waals surface area (Å²) in [6.07, 6.45) is 3.47. The Kier molecular flexibility index (Phi) is 12.3. The maximum Gasteiger partial charge on any atom is 0.412 e. The third-order valence-corrected chi connectivity index (χ3v) is 6.46. The number of carbonyl (C=O) groups is 4. The van der Waals surface area contributed by atoms with Crippen LogP contribution in [0.15, 0.2) is 89.9 Å². The van der Waals surface area contributed by atoms with Crippen molar-refractivity contribution < 1.29 is 28.7 Å². The molecule has 11 heteroatoms. The number of hydrogen-bond acceptors (Lipinski definition) is 7. The van der Waals surface area contributed by atoms with Crippen LogP contribution in [0.1, 0.15) is 42.5 Å². The number of aromatic nitrogens is 1. The van der Waals surface area contributed by atoms with Crippen molar-refractivity contribution in [2.45, 2.75) is 51.8 Å². The second kappa shape index (κ2) is 16.3. The fourth-order valence-corrected chi connectivity index (χ4v) is 4.23. The first kappa shape index (κ1) is 32.3. The molecule has 0 bridgehead atoms. The number of pyridine rings is 1. The lowest BCUT2D eigenvalue weighted by atomic mass is 10.0. The summed E-state index contributed by atoms with van der Waals surface area (Å²) < 4.78 is 11.4. The molecular weight excluding hydrogens is 552 g/mol. The molecule has 0 saturated carbocycles. The Morgan fingerprint density at radius 1 is 0.953 bits per heavy atom. The number of rotatable bonds is 14. The van der Waals surface area contributed by atoms with Crippen molar-refractivity contribution in [2.24, 2.45) is 5.73 Å². The van der Waals surface area contributed by atoms with Crippen molar-refractivity contribution in [1.29, 1.82) is 0 Å². The van der Waals surface area contributed by atoms with Crippen LogP contribution in [0.3, 0.4) is 0 Å². The molecule has 43 heavy (non-hydrogen) atoms. The van der Waals surface area contributed by atoms with E-state index in [0.29, 0.717) is 5.56 Å². The van der Waals surface area contributed by atoms with E-state index in [1.807, 2.05) is 48.5 Å². The van der Waals surface area contributed by atoms with Crippen molar-refractivity contribution >= 4 is 29.6 Å². The van der Waals surface area contributed by atoms with Gasteiger partial charge < -0.3 is 25.1 Å². The number of carbonyl (C=O) groups excluding carboxylic acids is 4. The quantitative estimate of drug-likeness (QED) is 0.192. The van der Waals surface area contributed by atoms with E-state index in [1.54, 1.807) is 32.0 Å². The number of anilines is 1. The first-order valence-corrected chi connectivity index (χ1v) is 13.8. The van der Waals surface area contributed by atoms with E-state index in [4.69, 9.17) is 15.2 Å². The van der Waals surface area contributed by atoms with E-state index >= 15 is 0 Å². The van der Waals surface area contributed by atoms with Crippen LogP contribution in [-0.2, 0) is 36.9 Å². The fourth-order valence-electron chi connectivity index (χ4n) is 4.23. The zero-order valence-corrected chi connectivity index (χ0v) is 24.2. The van der Waals surface area contributed by atoms with Gasteiger partial charge in [-0.2, -0.15) is 0 Å². The number of nitrogens with zero attached hydrogens (tertiary/aromatic N) is 1. The second-order valence-electron chi connectivity index (χ2n) is 9.71. The van der Waals surface area contributed by atoms with E-state index < -0.39 is 41.5 Å². The normalized spacial score (nSPS) is 12.2. The molecule has 0 aliphatic rings. The molecule has 0 aliphatic heterocycles. The molecule has 0 spiro atoms. The third-order valence-electron chi connectivity index (χ3n) is 6.46. The smallest absolute Gasteiger partial charge is 0.412 e. The van der Waals surface area contributed by atoms with E-state index in [2.05, 4.69) is 10.6 Å². The topological polar surface area (TPSA) is 159 Å². The lowest BCUT2D eigenvalue weighted by Gasteiger charge is -2.24. The number of amides is 3. The highest BCUT2D eigenvalue weighted by molar-refractivity contribution is 5.86. The average molecular weight is 589 g/mol. The molecule has 1 heterocycles. The van der Waals surface area contributed by atoms with Crippen molar-refractivity contribution in [1.82, 2.24) is 9.88 Å². The van der Waals surface area contributed by atoms with Gasteiger partial charge in [-0.25, -0.2) is 9.59 Å². The number of hydrogen-bond donors (Lipinski definition) is 3. The Morgan fingerprint density at radius 3 is 2.23 bits per heavy atom. The summed E-state index contributed by atoms with van der Waals surface area (Å²) in [4.78, 5) is 63.4. The number of benzene rings is 2. The SMILES string of the molecule is CCOC(=O)C=C[C@H](CCC(N)=O)NC(=O)[C@H](Cc1ccccc1)n1ccc(C)c(NC(=O)OCc2ccccc2)c1=O. The number of primary amides is 1. The largest absolute Gasteiger partial charge is 0.463 e. The molecule has 0 aliphatic carbocycles. The van der Waals surface area contributed by atoms with Crippen LogP contribution in [0, 0.1) is 6.92 Å². The molecule has 0 fully saturated rings. The molecule has 3 rings (SSSR count). The maximum absolute atomic E-state index is 13.8. The second-order valence-corrected chi connectivity index (χ2v) is 9.71. The zero-order chi connectivity index (χ0) is 31.2. The van der Waals surface area contributed by atoms with E-state index in [9.17, 15) is 24.0 Å². The standard InChI is InChI=1S/C32H36N4O7/c1-3-42-28(38)17-15-25(14-16-27(33)37)34-30(39)26(20-23-10-6-4-7-11-23)36-19-18-22(2)29(31(36)40)35-32(41)43-21-24-12-8-5-9-13-24/h4-13,15,17-19,25-26H,3,14,16,20-21H2,1-2H3,(H2,33,37)(H,34,39)(H,35,41)/t25-,26-/m0/s1. The summed E-state index contributed by atoms with van der Waals surface area (Å²) >= 11 is 0. The molecule has 3 amide bonds. The van der Waals surface area contributed by atoms with Crippen LogP contribution in [0.4, 0.5) is 10.5 Å². The summed E-state index contributed by atoms with van der Waals surface area (Å²) in [5.41, 5.74) is 6.72. The van der Waals surface area contributed by atoms with Gasteiger partial charge in [0.2, 0.25) is 11.8 Å². The summed E-state index contributed by atoms with van der Waals surface area (Å²) in [7, 11) is 0. The first-order valence-electron chi connectivity index (χ1n) is 13.8. The predicted molar refractivity (Wildman–Crippen MR) is 161 cm³/mol. The molecule has 11 nitrogen and oxygen atoms in total. The molecule has 226 valence electrons. The van der Waals surface area contributed by atoms with Gasteiger partial charge in [0.05, 0.1) is 6.61 Å². The lowest BCUT2D eigenvalue weighted by molar-refractivity contribution is -0.137. The molecule has 4 N–H and O–H groups in total. The molecule has 2 aromatic carbocycles. The van der Waals surface area contributed by atoms with Gasteiger partial charge in [0.25, 0.3) is 5.56 Å². The summed E-state index contributed by atoms with van der Waals surface area (Å²) in [6, 6.07) is 18.0. The predicted octanol–water partition coefficient (Wildman–Crippen LogP) is 3.56. The molecular formula is C32H36N4O7. The van der Waals surface area contributed by atoms with Gasteiger partial charge in [0, 0.05) is 31.2 Å². The van der Waals surface area contributed by atoms with Gasteiger partial charge in [0.15, 0.2) is 0 Å². The van der Waals surface area contributed by atoms with Crippen LogP contribution < -0.4 is 21.9 Å². The minimum absolute atomic E-state index is 0.0117. The molecule has 0 radical (unpaired) electrons. The van der Waals surface area contributed by atoms with Crippen molar-refractivity contribution in [3.63, 3.8) is 0 Å².